The molecule has 1 N–H and O–H groups in total. The maximum atomic E-state index is 12.5. The van der Waals surface area contributed by atoms with E-state index in [0.717, 1.165) is 12.8 Å². The molecule has 1 heterocycles. The van der Waals surface area contributed by atoms with Crippen LogP contribution in [0.15, 0.2) is 0 Å². The highest BCUT2D eigenvalue weighted by Gasteiger charge is 2.38. The van der Waals surface area contributed by atoms with Gasteiger partial charge in [0.2, 0.25) is 0 Å². The summed E-state index contributed by atoms with van der Waals surface area (Å²) in [6.07, 6.45) is 4.45. The third-order valence-corrected chi connectivity index (χ3v) is 4.78. The Morgan fingerprint density at radius 2 is 2.06 bits per heavy atom. The van der Waals surface area contributed by atoms with Crippen LogP contribution in [0.5, 0.6) is 0 Å². The van der Waals surface area contributed by atoms with Crippen molar-refractivity contribution in [3.05, 3.63) is 0 Å². The fraction of sp³-hybridized carbons (Fsp3) is 0.833. The Morgan fingerprint density at radius 1 is 1.39 bits per heavy atom. The monoisotopic (exact) mass is 272 g/mol. The van der Waals surface area contributed by atoms with Crippen molar-refractivity contribution in [2.24, 2.45) is 0 Å². The van der Waals surface area contributed by atoms with E-state index in [1.54, 1.807) is 0 Å². The average Bonchev–Trinajstić information content (AvgIpc) is 3.00. The molecule has 1 atom stereocenters. The fourth-order valence-corrected chi connectivity index (χ4v) is 3.90. The molecule has 102 valence electrons. The Balaban J connectivity index is 2.06. The third-order valence-electron chi connectivity index (χ3n) is 3.76. The van der Waals surface area contributed by atoms with Gasteiger partial charge in [-0.25, -0.2) is 9.59 Å². The van der Waals surface area contributed by atoms with Crippen LogP contribution in [0.1, 0.15) is 32.6 Å². The summed E-state index contributed by atoms with van der Waals surface area (Å²) < 4.78 is 0. The number of aliphatic carboxylic acids is 1. The second kappa shape index (κ2) is 5.82. The fourth-order valence-electron chi connectivity index (χ4n) is 2.77. The molecule has 2 amide bonds. The van der Waals surface area contributed by atoms with Gasteiger partial charge in [-0.05, 0) is 19.8 Å². The maximum Gasteiger partial charge on any atom is 0.327 e. The van der Waals surface area contributed by atoms with Crippen LogP contribution in [-0.2, 0) is 4.79 Å². The van der Waals surface area contributed by atoms with Crippen molar-refractivity contribution in [3.63, 3.8) is 0 Å². The number of hydrogen-bond donors (Lipinski definition) is 1. The number of amides is 2. The summed E-state index contributed by atoms with van der Waals surface area (Å²) in [5.74, 6) is 0.110. The number of carbonyl (C=O) groups excluding carboxylic acids is 1. The highest BCUT2D eigenvalue weighted by Crippen LogP contribution is 2.27. The third kappa shape index (κ3) is 2.58. The van der Waals surface area contributed by atoms with E-state index in [2.05, 4.69) is 0 Å². The van der Waals surface area contributed by atoms with Crippen LogP contribution in [0.3, 0.4) is 0 Å². The van der Waals surface area contributed by atoms with Gasteiger partial charge in [0, 0.05) is 18.3 Å². The predicted octanol–water partition coefficient (Wildman–Crippen LogP) is 1.83. The van der Waals surface area contributed by atoms with Gasteiger partial charge in [-0.15, -0.1) is 11.8 Å². The zero-order valence-corrected chi connectivity index (χ0v) is 11.5. The molecule has 18 heavy (non-hydrogen) atoms. The van der Waals surface area contributed by atoms with E-state index in [0.29, 0.717) is 24.2 Å². The number of rotatable bonds is 3. The molecule has 5 nitrogen and oxygen atoms in total. The lowest BCUT2D eigenvalue weighted by Gasteiger charge is -2.33. The van der Waals surface area contributed by atoms with Crippen LogP contribution >= 0.6 is 11.8 Å². The van der Waals surface area contributed by atoms with Crippen LogP contribution in [0.2, 0.25) is 0 Å². The van der Waals surface area contributed by atoms with Gasteiger partial charge in [0.1, 0.15) is 6.04 Å². The Labute approximate surface area is 112 Å². The number of carboxylic acids is 1. The molecule has 2 rings (SSSR count). The normalized spacial score (nSPS) is 24.5. The smallest absolute Gasteiger partial charge is 0.327 e. The van der Waals surface area contributed by atoms with Crippen LogP contribution in [0.25, 0.3) is 0 Å². The Morgan fingerprint density at radius 3 is 2.61 bits per heavy atom. The zero-order chi connectivity index (χ0) is 13.1. The Bertz CT molecular complexity index is 331. The second-order valence-electron chi connectivity index (χ2n) is 4.83. The van der Waals surface area contributed by atoms with E-state index in [9.17, 15) is 9.59 Å². The van der Waals surface area contributed by atoms with Crippen molar-refractivity contribution in [1.29, 1.82) is 0 Å². The van der Waals surface area contributed by atoms with Crippen LogP contribution in [0.4, 0.5) is 4.79 Å². The quantitative estimate of drug-likeness (QED) is 0.851. The lowest BCUT2D eigenvalue weighted by atomic mass is 10.2. The van der Waals surface area contributed by atoms with Gasteiger partial charge in [0.15, 0.2) is 0 Å². The molecule has 0 aromatic carbocycles. The number of carboxylic acid groups (broad SMARTS) is 1. The lowest BCUT2D eigenvalue weighted by molar-refractivity contribution is -0.141. The minimum atomic E-state index is -0.893. The van der Waals surface area contributed by atoms with E-state index in [1.807, 2.05) is 11.8 Å². The molecular formula is C12H20N2O3S. The van der Waals surface area contributed by atoms with Crippen LogP contribution < -0.4 is 0 Å². The van der Waals surface area contributed by atoms with E-state index in [4.69, 9.17) is 5.11 Å². The summed E-state index contributed by atoms with van der Waals surface area (Å²) >= 11 is 1.51. The first-order valence-electron chi connectivity index (χ1n) is 6.53. The van der Waals surface area contributed by atoms with Gasteiger partial charge in [-0.2, -0.15) is 0 Å². The minimum Gasteiger partial charge on any atom is -0.480 e. The van der Waals surface area contributed by atoms with Gasteiger partial charge in [-0.3, -0.25) is 0 Å². The number of nitrogens with zero attached hydrogens (tertiary/aromatic N) is 2. The summed E-state index contributed by atoms with van der Waals surface area (Å²) in [4.78, 5) is 26.9. The molecular weight excluding hydrogens is 252 g/mol. The van der Waals surface area contributed by atoms with E-state index in [-0.39, 0.29) is 6.03 Å². The number of carbonyl (C=O) groups is 2. The minimum absolute atomic E-state index is 0.0956. The lowest BCUT2D eigenvalue weighted by Crippen LogP contribution is -2.51. The standard InChI is InChI=1S/C12H20N2O3S/c1-2-13(9-5-3-4-6-9)12(17)14-8-18-7-10(14)11(15)16/h9-10H,2-8H2,1H3,(H,15,16). The number of thioether (sulfide) groups is 1. The molecule has 1 aliphatic carbocycles. The molecule has 2 aliphatic rings. The average molecular weight is 272 g/mol. The molecule has 1 saturated carbocycles. The molecule has 0 bridgehead atoms. The topological polar surface area (TPSA) is 60.9 Å². The molecule has 0 spiro atoms. The first kappa shape index (κ1) is 13.5. The first-order chi connectivity index (χ1) is 8.65. The van der Waals surface area contributed by atoms with Crippen LogP contribution in [0, 0.1) is 0 Å². The SMILES string of the molecule is CCN(C(=O)N1CSCC1C(=O)O)C1CCCC1. The molecule has 1 aliphatic heterocycles. The van der Waals surface area contributed by atoms with Gasteiger partial charge in [-0.1, -0.05) is 12.8 Å². The zero-order valence-electron chi connectivity index (χ0n) is 10.7. The Kier molecular flexibility index (Phi) is 4.37. The van der Waals surface area contributed by atoms with Gasteiger partial charge < -0.3 is 14.9 Å². The molecule has 2 fully saturated rings. The molecule has 1 saturated heterocycles. The summed E-state index contributed by atoms with van der Waals surface area (Å²) in [6.45, 7) is 2.63. The summed E-state index contributed by atoms with van der Waals surface area (Å²) in [6, 6.07) is -0.442. The van der Waals surface area contributed by atoms with E-state index in [1.165, 1.54) is 29.5 Å². The van der Waals surface area contributed by atoms with Gasteiger partial charge >= 0.3 is 12.0 Å². The largest absolute Gasteiger partial charge is 0.480 e. The molecule has 0 aromatic rings. The number of hydrogen-bond acceptors (Lipinski definition) is 3. The van der Waals surface area contributed by atoms with Gasteiger partial charge in [0.25, 0.3) is 0 Å². The highest BCUT2D eigenvalue weighted by atomic mass is 32.2. The second-order valence-corrected chi connectivity index (χ2v) is 5.83. The van der Waals surface area contributed by atoms with E-state index < -0.39 is 12.0 Å². The van der Waals surface area contributed by atoms with Crippen molar-refractivity contribution in [2.45, 2.75) is 44.7 Å². The molecule has 0 aromatic heterocycles. The van der Waals surface area contributed by atoms with Crippen molar-refractivity contribution in [1.82, 2.24) is 9.80 Å². The summed E-state index contributed by atoms with van der Waals surface area (Å²) in [7, 11) is 0. The van der Waals surface area contributed by atoms with E-state index >= 15 is 0 Å². The summed E-state index contributed by atoms with van der Waals surface area (Å²) in [5, 5.41) is 9.13. The number of urea groups is 1. The molecule has 0 radical (unpaired) electrons. The van der Waals surface area contributed by atoms with Crippen molar-refractivity contribution in [2.75, 3.05) is 18.2 Å². The van der Waals surface area contributed by atoms with Crippen molar-refractivity contribution in [3.8, 4) is 0 Å². The van der Waals surface area contributed by atoms with Crippen LogP contribution in [-0.4, -0.2) is 57.2 Å². The summed E-state index contributed by atoms with van der Waals surface area (Å²) in [5.41, 5.74) is 0. The predicted molar refractivity (Wildman–Crippen MR) is 70.6 cm³/mol. The van der Waals surface area contributed by atoms with Crippen molar-refractivity contribution < 1.29 is 14.7 Å². The maximum absolute atomic E-state index is 12.5. The highest BCUT2D eigenvalue weighted by molar-refractivity contribution is 7.99. The Hall–Kier alpha value is -0.910. The van der Waals surface area contributed by atoms with Crippen molar-refractivity contribution >= 4 is 23.8 Å². The first-order valence-corrected chi connectivity index (χ1v) is 7.68. The molecule has 1 unspecified atom stereocenters. The molecule has 6 heteroatoms. The van der Waals surface area contributed by atoms with Gasteiger partial charge in [0.05, 0.1) is 5.88 Å².